The maximum Gasteiger partial charge on any atom is 0.0666 e. The zero-order valence-corrected chi connectivity index (χ0v) is 12.8. The summed E-state index contributed by atoms with van der Waals surface area (Å²) in [7, 11) is 0. The Kier molecular flexibility index (Phi) is 3.43. The number of hydrogen-bond acceptors (Lipinski definition) is 2. The predicted octanol–water partition coefficient (Wildman–Crippen LogP) is 4.83. The highest BCUT2D eigenvalue weighted by Gasteiger charge is 2.07. The van der Waals surface area contributed by atoms with Crippen molar-refractivity contribution in [3.05, 3.63) is 24.7 Å². The van der Waals surface area contributed by atoms with E-state index in [4.69, 9.17) is 0 Å². The van der Waals surface area contributed by atoms with Crippen molar-refractivity contribution in [2.75, 3.05) is 6.26 Å². The summed E-state index contributed by atoms with van der Waals surface area (Å²) in [5.74, 6) is 0. The van der Waals surface area contributed by atoms with Crippen LogP contribution in [-0.4, -0.2) is 6.26 Å². The van der Waals surface area contributed by atoms with Crippen molar-refractivity contribution in [2.24, 2.45) is 0 Å². The Morgan fingerprint density at radius 3 is 2.77 bits per heavy atom. The molecule has 0 aliphatic carbocycles. The van der Waals surface area contributed by atoms with Crippen molar-refractivity contribution in [1.29, 1.82) is 0 Å². The molecule has 1 aromatic heterocycles. The lowest BCUT2D eigenvalue weighted by Crippen LogP contribution is -1.74. The molecule has 0 fully saturated rings. The van der Waals surface area contributed by atoms with Gasteiger partial charge in [-0.25, -0.2) is 0 Å². The molecular weight excluding hydrogens is 426 g/mol. The van der Waals surface area contributed by atoms with E-state index in [9.17, 15) is 0 Å². The zero-order valence-electron chi connectivity index (χ0n) is 6.80. The summed E-state index contributed by atoms with van der Waals surface area (Å²) < 4.78 is 4.15. The minimum atomic E-state index is 1.35. The molecule has 0 spiro atoms. The average Bonchev–Trinajstić information content (AvgIpc) is 2.48. The molecule has 0 N–H and O–H groups in total. The highest BCUT2D eigenvalue weighted by Crippen LogP contribution is 2.36. The van der Waals surface area contributed by atoms with Gasteiger partial charge < -0.3 is 0 Å². The standard InChI is InChI=1S/C9H6I2S2/c1-12-7-3-2-6(10)5-4-8(11)13-9(5)7/h2-4H,1H3. The molecule has 4 heteroatoms. The Labute approximate surface area is 113 Å². The molecule has 0 nitrogen and oxygen atoms in total. The molecule has 1 aromatic carbocycles. The highest BCUT2D eigenvalue weighted by molar-refractivity contribution is 14.1. The minimum absolute atomic E-state index is 1.35. The van der Waals surface area contributed by atoms with Gasteiger partial charge in [0.15, 0.2) is 0 Å². The van der Waals surface area contributed by atoms with E-state index in [-0.39, 0.29) is 0 Å². The van der Waals surface area contributed by atoms with Gasteiger partial charge in [-0.2, -0.15) is 0 Å². The van der Waals surface area contributed by atoms with Crippen LogP contribution in [0.1, 0.15) is 0 Å². The largest absolute Gasteiger partial charge is 0.128 e. The van der Waals surface area contributed by atoms with Gasteiger partial charge in [-0.05, 0) is 69.6 Å². The second kappa shape index (κ2) is 4.24. The lowest BCUT2D eigenvalue weighted by Gasteiger charge is -1.99. The van der Waals surface area contributed by atoms with Crippen LogP contribution >= 0.6 is 68.3 Å². The minimum Gasteiger partial charge on any atom is -0.128 e. The summed E-state index contributed by atoms with van der Waals surface area (Å²) in [5, 5.41) is 1.40. The fraction of sp³-hybridized carbons (Fsp3) is 0.111. The highest BCUT2D eigenvalue weighted by atomic mass is 127. The van der Waals surface area contributed by atoms with Crippen LogP contribution in [0.3, 0.4) is 0 Å². The third kappa shape index (κ3) is 2.00. The fourth-order valence-electron chi connectivity index (χ4n) is 1.20. The van der Waals surface area contributed by atoms with Crippen molar-refractivity contribution < 1.29 is 0 Å². The van der Waals surface area contributed by atoms with Crippen molar-refractivity contribution in [1.82, 2.24) is 0 Å². The molecule has 0 amide bonds. The summed E-state index contributed by atoms with van der Waals surface area (Å²) in [4.78, 5) is 1.39. The van der Waals surface area contributed by atoms with E-state index in [1.54, 1.807) is 0 Å². The number of halogens is 2. The molecule has 0 saturated carbocycles. The Hall–Kier alpha value is 0.990. The molecule has 68 valence electrons. The van der Waals surface area contributed by atoms with Gasteiger partial charge in [0.25, 0.3) is 0 Å². The fourth-order valence-corrected chi connectivity index (χ4v) is 4.65. The molecule has 0 aliphatic rings. The molecule has 0 aliphatic heterocycles. The first-order valence-corrected chi connectivity index (χ1v) is 7.84. The lowest BCUT2D eigenvalue weighted by atomic mass is 10.3. The topological polar surface area (TPSA) is 0 Å². The SMILES string of the molecule is CSc1ccc(I)c2cc(I)sc12. The van der Waals surface area contributed by atoms with Gasteiger partial charge in [0.2, 0.25) is 0 Å². The molecule has 0 unspecified atom stereocenters. The van der Waals surface area contributed by atoms with E-state index < -0.39 is 0 Å². The van der Waals surface area contributed by atoms with Gasteiger partial charge in [-0.3, -0.25) is 0 Å². The monoisotopic (exact) mass is 432 g/mol. The van der Waals surface area contributed by atoms with Gasteiger partial charge in [0.1, 0.15) is 0 Å². The molecular formula is C9H6I2S2. The summed E-state index contributed by atoms with van der Waals surface area (Å²) in [5.41, 5.74) is 0. The first-order chi connectivity index (χ1) is 6.22. The van der Waals surface area contributed by atoms with Crippen molar-refractivity contribution >= 4 is 78.4 Å². The average molecular weight is 432 g/mol. The number of hydrogen-bond donors (Lipinski definition) is 0. The quantitative estimate of drug-likeness (QED) is 0.460. The second-order valence-electron chi connectivity index (χ2n) is 2.54. The van der Waals surface area contributed by atoms with E-state index in [0.717, 1.165) is 0 Å². The van der Waals surface area contributed by atoms with Gasteiger partial charge >= 0.3 is 0 Å². The Morgan fingerprint density at radius 2 is 2.08 bits per heavy atom. The number of thioether (sulfide) groups is 1. The smallest absolute Gasteiger partial charge is 0.0666 e. The molecule has 0 radical (unpaired) electrons. The Morgan fingerprint density at radius 1 is 1.31 bits per heavy atom. The van der Waals surface area contributed by atoms with Gasteiger partial charge in [-0.1, -0.05) is 0 Å². The van der Waals surface area contributed by atoms with Gasteiger partial charge in [0, 0.05) is 18.6 Å². The third-order valence-electron chi connectivity index (χ3n) is 1.78. The first kappa shape index (κ1) is 10.5. The number of fused-ring (bicyclic) bond motifs is 1. The van der Waals surface area contributed by atoms with Gasteiger partial charge in [0.05, 0.1) is 2.88 Å². The zero-order chi connectivity index (χ0) is 9.42. The molecule has 13 heavy (non-hydrogen) atoms. The second-order valence-corrected chi connectivity index (χ2v) is 7.50. The Balaban J connectivity index is 2.83. The number of benzene rings is 1. The number of rotatable bonds is 1. The molecule has 2 rings (SSSR count). The lowest BCUT2D eigenvalue weighted by molar-refractivity contribution is 1.57. The van der Waals surface area contributed by atoms with Crippen molar-refractivity contribution in [2.45, 2.75) is 4.90 Å². The van der Waals surface area contributed by atoms with E-state index in [0.29, 0.717) is 0 Å². The van der Waals surface area contributed by atoms with E-state index in [1.165, 1.54) is 21.4 Å². The van der Waals surface area contributed by atoms with Crippen LogP contribution in [0, 0.1) is 6.45 Å². The van der Waals surface area contributed by atoms with Gasteiger partial charge in [-0.15, -0.1) is 23.1 Å². The van der Waals surface area contributed by atoms with E-state index >= 15 is 0 Å². The molecule has 1 heterocycles. The maximum absolute atomic E-state index is 2.40. The van der Waals surface area contributed by atoms with Crippen LogP contribution < -0.4 is 0 Å². The summed E-state index contributed by atoms with van der Waals surface area (Å²) in [6.07, 6.45) is 2.13. The molecule has 0 saturated heterocycles. The molecule has 0 atom stereocenters. The summed E-state index contributed by atoms with van der Waals surface area (Å²) >= 11 is 8.49. The van der Waals surface area contributed by atoms with Crippen LogP contribution in [0.25, 0.3) is 10.1 Å². The van der Waals surface area contributed by atoms with Crippen LogP contribution in [0.4, 0.5) is 0 Å². The van der Waals surface area contributed by atoms with E-state index in [2.05, 4.69) is 69.6 Å². The van der Waals surface area contributed by atoms with Crippen LogP contribution in [0.2, 0.25) is 0 Å². The van der Waals surface area contributed by atoms with E-state index in [1.807, 2.05) is 23.1 Å². The summed E-state index contributed by atoms with van der Waals surface area (Å²) in [6, 6.07) is 6.67. The molecule has 0 bridgehead atoms. The third-order valence-corrected chi connectivity index (χ3v) is 5.56. The first-order valence-electron chi connectivity index (χ1n) is 3.64. The number of thiophene rings is 1. The van der Waals surface area contributed by atoms with Crippen LogP contribution in [-0.2, 0) is 0 Å². The van der Waals surface area contributed by atoms with Crippen LogP contribution in [0.15, 0.2) is 23.1 Å². The molecule has 2 aromatic rings. The summed E-state index contributed by atoms with van der Waals surface area (Å²) in [6.45, 7) is 0. The van der Waals surface area contributed by atoms with Crippen molar-refractivity contribution in [3.8, 4) is 0 Å². The maximum atomic E-state index is 2.40. The predicted molar refractivity (Wildman–Crippen MR) is 79.0 cm³/mol. The van der Waals surface area contributed by atoms with Crippen molar-refractivity contribution in [3.63, 3.8) is 0 Å². The normalized spacial score (nSPS) is 11.0. The Bertz CT molecular complexity index is 448. The van der Waals surface area contributed by atoms with Crippen LogP contribution in [0.5, 0.6) is 0 Å².